The molecule has 0 fully saturated rings. The van der Waals surface area contributed by atoms with Gasteiger partial charge >= 0.3 is 0 Å². The summed E-state index contributed by atoms with van der Waals surface area (Å²) >= 11 is 0. The van der Waals surface area contributed by atoms with Crippen molar-refractivity contribution in [2.75, 3.05) is 11.5 Å². The topological polar surface area (TPSA) is 161 Å². The largest absolute Gasteiger partial charge is 0.327 e. The van der Waals surface area contributed by atoms with Gasteiger partial charge in [0.05, 0.1) is 10.5 Å². The Bertz CT molecular complexity index is 652. The van der Waals surface area contributed by atoms with Crippen LogP contribution in [-0.2, 0) is 20.2 Å². The van der Waals surface area contributed by atoms with Crippen LogP contribution in [0.4, 0.5) is 0 Å². The quantitative estimate of drug-likeness (QED) is 0.165. The van der Waals surface area contributed by atoms with Gasteiger partial charge in [0, 0.05) is 23.6 Å². The first kappa shape index (κ1) is 30.4. The summed E-state index contributed by atoms with van der Waals surface area (Å²) in [7, 11) is -5.20. The summed E-state index contributed by atoms with van der Waals surface area (Å²) in [5.74, 6) is 1.21. The van der Waals surface area contributed by atoms with Crippen molar-refractivity contribution < 1.29 is 25.9 Å². The molecule has 0 aromatic carbocycles. The van der Waals surface area contributed by atoms with Gasteiger partial charge in [-0.05, 0) is 36.5 Å². The van der Waals surface area contributed by atoms with Gasteiger partial charge in [-0.1, -0.05) is 63.1 Å². The lowest BCUT2D eigenvalue weighted by atomic mass is 9.88. The molecular formula is C18H40N2O6S4. The monoisotopic (exact) mass is 508 g/mol. The minimum atomic E-state index is -4.13. The first-order chi connectivity index (χ1) is 13.3. The molecule has 0 saturated carbocycles. The van der Waals surface area contributed by atoms with Gasteiger partial charge in [0.25, 0.3) is 20.2 Å². The highest BCUT2D eigenvalue weighted by molar-refractivity contribution is 8.76. The molecule has 182 valence electrons. The normalized spacial score (nSPS) is 18.1. The molecule has 6 N–H and O–H groups in total. The Hall–Kier alpha value is 0.440. The Morgan fingerprint density at radius 2 is 0.933 bits per heavy atom. The van der Waals surface area contributed by atoms with E-state index in [-0.39, 0.29) is 24.9 Å². The van der Waals surface area contributed by atoms with E-state index in [1.165, 1.54) is 21.6 Å². The number of hydrogen-bond acceptors (Lipinski definition) is 8. The highest BCUT2D eigenvalue weighted by Crippen LogP contribution is 2.31. The van der Waals surface area contributed by atoms with Crippen LogP contribution >= 0.6 is 21.6 Å². The molecule has 0 aromatic rings. The molecule has 4 atom stereocenters. The zero-order valence-corrected chi connectivity index (χ0v) is 22.1. The van der Waals surface area contributed by atoms with E-state index >= 15 is 0 Å². The standard InChI is InChI=1S/C18H40N2O6S4/c1-17(2,3)15(29(21,22)23)9-7-13(19)11-27-28-12-14(20)8-10-16(18(4,5)6)30(24,25)26/h13-16H,7-12,19-20H2,1-6H3,(H,21,22,23)(H,24,25,26). The minimum Gasteiger partial charge on any atom is -0.327 e. The van der Waals surface area contributed by atoms with Gasteiger partial charge in [0.15, 0.2) is 0 Å². The van der Waals surface area contributed by atoms with Crippen molar-refractivity contribution in [2.24, 2.45) is 22.3 Å². The zero-order valence-electron chi connectivity index (χ0n) is 18.9. The van der Waals surface area contributed by atoms with Crippen molar-refractivity contribution in [3.05, 3.63) is 0 Å². The van der Waals surface area contributed by atoms with Crippen molar-refractivity contribution in [3.8, 4) is 0 Å². The van der Waals surface area contributed by atoms with Crippen LogP contribution in [0.15, 0.2) is 0 Å². The van der Waals surface area contributed by atoms with Crippen LogP contribution in [0.2, 0.25) is 0 Å². The van der Waals surface area contributed by atoms with Crippen LogP contribution in [-0.4, -0.2) is 60.0 Å². The second-order valence-electron chi connectivity index (χ2n) is 9.98. The molecule has 8 nitrogen and oxygen atoms in total. The van der Waals surface area contributed by atoms with Crippen LogP contribution < -0.4 is 11.5 Å². The maximum Gasteiger partial charge on any atom is 0.268 e. The number of nitrogens with two attached hydrogens (primary N) is 2. The molecule has 0 spiro atoms. The molecule has 0 bridgehead atoms. The Labute approximate surface area is 191 Å². The van der Waals surface area contributed by atoms with Gasteiger partial charge in [-0.3, -0.25) is 9.11 Å². The van der Waals surface area contributed by atoms with Gasteiger partial charge in [0.1, 0.15) is 0 Å². The molecule has 0 radical (unpaired) electrons. The second kappa shape index (κ2) is 12.1. The van der Waals surface area contributed by atoms with Gasteiger partial charge in [-0.25, -0.2) is 0 Å². The first-order valence-corrected chi connectivity index (χ1v) is 15.4. The van der Waals surface area contributed by atoms with E-state index in [1.54, 1.807) is 41.5 Å². The summed E-state index contributed by atoms with van der Waals surface area (Å²) in [6, 6.07) is -0.426. The van der Waals surface area contributed by atoms with E-state index in [9.17, 15) is 25.9 Å². The summed E-state index contributed by atoms with van der Waals surface area (Å²) in [6.45, 7) is 10.6. The molecule has 30 heavy (non-hydrogen) atoms. The predicted molar refractivity (Wildman–Crippen MR) is 129 cm³/mol. The van der Waals surface area contributed by atoms with Gasteiger partial charge in [-0.2, -0.15) is 16.8 Å². The average molecular weight is 509 g/mol. The fourth-order valence-electron chi connectivity index (χ4n) is 3.23. The maximum atomic E-state index is 11.6. The van der Waals surface area contributed by atoms with Gasteiger partial charge in [-0.15, -0.1) is 0 Å². The van der Waals surface area contributed by atoms with Crippen molar-refractivity contribution in [3.63, 3.8) is 0 Å². The molecule has 0 aliphatic rings. The molecular weight excluding hydrogens is 468 g/mol. The van der Waals surface area contributed by atoms with E-state index < -0.39 is 41.6 Å². The Balaban J connectivity index is 4.34. The Morgan fingerprint density at radius 1 is 0.667 bits per heavy atom. The summed E-state index contributed by atoms with van der Waals surface area (Å²) in [4.78, 5) is 0. The van der Waals surface area contributed by atoms with Crippen molar-refractivity contribution in [1.82, 2.24) is 0 Å². The zero-order chi connectivity index (χ0) is 24.0. The van der Waals surface area contributed by atoms with E-state index in [0.29, 0.717) is 24.3 Å². The lowest BCUT2D eigenvalue weighted by molar-refractivity contribution is 0.329. The summed E-state index contributed by atoms with van der Waals surface area (Å²) < 4.78 is 65.3. The predicted octanol–water partition coefficient (Wildman–Crippen LogP) is 3.19. The molecule has 0 aliphatic carbocycles. The highest BCUT2D eigenvalue weighted by Gasteiger charge is 2.36. The van der Waals surface area contributed by atoms with Crippen LogP contribution in [0.25, 0.3) is 0 Å². The lowest BCUT2D eigenvalue weighted by Crippen LogP contribution is -2.36. The minimum absolute atomic E-state index is 0.213. The summed E-state index contributed by atoms with van der Waals surface area (Å²) in [5, 5.41) is -1.72. The van der Waals surface area contributed by atoms with E-state index in [4.69, 9.17) is 11.5 Å². The third-order valence-corrected chi connectivity index (χ3v) is 10.8. The van der Waals surface area contributed by atoms with E-state index in [2.05, 4.69) is 0 Å². The second-order valence-corrected chi connectivity index (χ2v) is 15.7. The summed E-state index contributed by atoms with van der Waals surface area (Å²) in [6.07, 6.45) is 1.53. The lowest BCUT2D eigenvalue weighted by Gasteiger charge is -2.29. The third-order valence-electron chi connectivity index (χ3n) is 4.90. The van der Waals surface area contributed by atoms with Crippen molar-refractivity contribution in [1.29, 1.82) is 0 Å². The smallest absolute Gasteiger partial charge is 0.268 e. The molecule has 0 heterocycles. The average Bonchev–Trinajstić information content (AvgIpc) is 2.46. The third kappa shape index (κ3) is 12.5. The highest BCUT2D eigenvalue weighted by atomic mass is 33.1. The first-order valence-electron chi connectivity index (χ1n) is 9.94. The number of hydrogen-bond donors (Lipinski definition) is 4. The van der Waals surface area contributed by atoms with Crippen molar-refractivity contribution >= 4 is 41.8 Å². The fourth-order valence-corrected chi connectivity index (χ4v) is 8.38. The van der Waals surface area contributed by atoms with Gasteiger partial charge < -0.3 is 11.5 Å². The molecule has 0 saturated heterocycles. The number of rotatable bonds is 13. The molecule has 4 unspecified atom stereocenters. The molecule has 0 amide bonds. The Kier molecular flexibility index (Phi) is 12.2. The SMILES string of the molecule is CC(C)(C)C(CCC(N)CSSCC(N)CCC(C(C)(C)C)S(=O)(=O)O)S(=O)(=O)O. The molecule has 0 aliphatic heterocycles. The summed E-state index contributed by atoms with van der Waals surface area (Å²) in [5.41, 5.74) is 11.0. The maximum absolute atomic E-state index is 11.6. The molecule has 0 aromatic heterocycles. The van der Waals surface area contributed by atoms with E-state index in [0.717, 1.165) is 0 Å². The fraction of sp³-hybridized carbons (Fsp3) is 1.00. The van der Waals surface area contributed by atoms with Crippen LogP contribution in [0.5, 0.6) is 0 Å². The van der Waals surface area contributed by atoms with Crippen molar-refractivity contribution in [2.45, 2.75) is 89.8 Å². The molecule has 0 rings (SSSR count). The molecule has 12 heteroatoms. The van der Waals surface area contributed by atoms with Crippen LogP contribution in [0, 0.1) is 10.8 Å². The Morgan fingerprint density at radius 3 is 1.13 bits per heavy atom. The van der Waals surface area contributed by atoms with Gasteiger partial charge in [0.2, 0.25) is 0 Å². The van der Waals surface area contributed by atoms with E-state index in [1.807, 2.05) is 0 Å². The van der Waals surface area contributed by atoms with Crippen LogP contribution in [0.3, 0.4) is 0 Å². The van der Waals surface area contributed by atoms with Crippen LogP contribution in [0.1, 0.15) is 67.2 Å².